The maximum absolute atomic E-state index is 13.6. The maximum Gasteiger partial charge on any atom is 0.254 e. The summed E-state index contributed by atoms with van der Waals surface area (Å²) in [5.41, 5.74) is 0.951. The van der Waals surface area contributed by atoms with Crippen molar-refractivity contribution in [2.75, 3.05) is 52.5 Å². The van der Waals surface area contributed by atoms with E-state index in [4.69, 9.17) is 9.84 Å². The van der Waals surface area contributed by atoms with E-state index in [1.54, 1.807) is 24.0 Å². The standard InChI is InChI=1S/C16H23FN2O3/c1-13-2-3-14(12-15(13)17)16(21)19-6-4-18(5-7-19)8-10-22-11-9-20/h2-3,12,20H,4-11H2,1H3. The molecule has 0 saturated carbocycles. The Morgan fingerprint density at radius 1 is 1.27 bits per heavy atom. The topological polar surface area (TPSA) is 53.0 Å². The zero-order chi connectivity index (χ0) is 15.9. The first-order valence-corrected chi connectivity index (χ1v) is 7.58. The molecule has 6 heteroatoms. The van der Waals surface area contributed by atoms with Gasteiger partial charge in [0.1, 0.15) is 5.82 Å². The fourth-order valence-corrected chi connectivity index (χ4v) is 2.44. The molecule has 0 unspecified atom stereocenters. The summed E-state index contributed by atoms with van der Waals surface area (Å²) in [6, 6.07) is 4.62. The summed E-state index contributed by atoms with van der Waals surface area (Å²) in [5, 5.41) is 8.63. The highest BCUT2D eigenvalue weighted by atomic mass is 19.1. The van der Waals surface area contributed by atoms with Crippen LogP contribution in [0.25, 0.3) is 0 Å². The van der Waals surface area contributed by atoms with Gasteiger partial charge in [0, 0.05) is 38.3 Å². The van der Waals surface area contributed by atoms with Crippen LogP contribution in [0.4, 0.5) is 4.39 Å². The Labute approximate surface area is 130 Å². The van der Waals surface area contributed by atoms with E-state index in [-0.39, 0.29) is 18.3 Å². The number of aryl methyl sites for hydroxylation is 1. The molecule has 0 spiro atoms. The summed E-state index contributed by atoms with van der Waals surface area (Å²) in [6.45, 7) is 6.28. The summed E-state index contributed by atoms with van der Waals surface area (Å²) in [6.07, 6.45) is 0. The molecule has 122 valence electrons. The average molecular weight is 310 g/mol. The minimum Gasteiger partial charge on any atom is -0.394 e. The minimum absolute atomic E-state index is 0.0371. The lowest BCUT2D eigenvalue weighted by molar-refractivity contribution is 0.0486. The van der Waals surface area contributed by atoms with Crippen LogP contribution in [0.3, 0.4) is 0 Å². The molecule has 0 radical (unpaired) electrons. The lowest BCUT2D eigenvalue weighted by Gasteiger charge is -2.34. The first-order valence-electron chi connectivity index (χ1n) is 7.58. The monoisotopic (exact) mass is 310 g/mol. The number of ether oxygens (including phenoxy) is 1. The lowest BCUT2D eigenvalue weighted by Crippen LogP contribution is -2.49. The molecule has 1 fully saturated rings. The number of carbonyl (C=O) groups excluding carboxylic acids is 1. The molecule has 1 aliphatic rings. The van der Waals surface area contributed by atoms with E-state index < -0.39 is 0 Å². The van der Waals surface area contributed by atoms with Crippen LogP contribution in [0.2, 0.25) is 0 Å². The smallest absolute Gasteiger partial charge is 0.254 e. The number of carbonyl (C=O) groups is 1. The minimum atomic E-state index is -0.342. The number of rotatable bonds is 6. The van der Waals surface area contributed by atoms with Crippen molar-refractivity contribution in [1.82, 2.24) is 9.80 Å². The van der Waals surface area contributed by atoms with Gasteiger partial charge in [-0.05, 0) is 24.6 Å². The average Bonchev–Trinajstić information content (AvgIpc) is 2.54. The van der Waals surface area contributed by atoms with Crippen LogP contribution < -0.4 is 0 Å². The van der Waals surface area contributed by atoms with E-state index in [9.17, 15) is 9.18 Å². The van der Waals surface area contributed by atoms with E-state index >= 15 is 0 Å². The third kappa shape index (κ3) is 4.50. The van der Waals surface area contributed by atoms with Crippen LogP contribution in [0.1, 0.15) is 15.9 Å². The number of nitrogens with zero attached hydrogens (tertiary/aromatic N) is 2. The molecule has 1 amide bonds. The second-order valence-corrected chi connectivity index (χ2v) is 5.43. The fourth-order valence-electron chi connectivity index (χ4n) is 2.44. The van der Waals surface area contributed by atoms with Gasteiger partial charge in [-0.15, -0.1) is 0 Å². The van der Waals surface area contributed by atoms with Gasteiger partial charge in [-0.1, -0.05) is 6.07 Å². The van der Waals surface area contributed by atoms with Crippen LogP contribution in [0.15, 0.2) is 18.2 Å². The largest absolute Gasteiger partial charge is 0.394 e. The quantitative estimate of drug-likeness (QED) is 0.793. The molecule has 1 N–H and O–H groups in total. The molecule has 2 rings (SSSR count). The number of hydrogen-bond acceptors (Lipinski definition) is 4. The van der Waals surface area contributed by atoms with Crippen LogP contribution in [-0.2, 0) is 4.74 Å². The summed E-state index contributed by atoms with van der Waals surface area (Å²) >= 11 is 0. The number of aliphatic hydroxyl groups is 1. The Hall–Kier alpha value is -1.50. The van der Waals surface area contributed by atoms with E-state index in [0.29, 0.717) is 37.4 Å². The normalized spacial score (nSPS) is 16.0. The van der Waals surface area contributed by atoms with Gasteiger partial charge < -0.3 is 14.7 Å². The zero-order valence-electron chi connectivity index (χ0n) is 12.9. The third-order valence-electron chi connectivity index (χ3n) is 3.87. The van der Waals surface area contributed by atoms with Crippen molar-refractivity contribution in [2.45, 2.75) is 6.92 Å². The van der Waals surface area contributed by atoms with Gasteiger partial charge in [0.25, 0.3) is 5.91 Å². The summed E-state index contributed by atoms with van der Waals surface area (Å²) < 4.78 is 18.8. The SMILES string of the molecule is Cc1ccc(C(=O)N2CCN(CCOCCO)CC2)cc1F. The molecule has 0 aromatic heterocycles. The molecule has 0 atom stereocenters. The highest BCUT2D eigenvalue weighted by Gasteiger charge is 2.22. The summed E-state index contributed by atoms with van der Waals surface area (Å²) in [7, 11) is 0. The van der Waals surface area contributed by atoms with E-state index in [2.05, 4.69) is 4.90 Å². The molecular weight excluding hydrogens is 287 g/mol. The van der Waals surface area contributed by atoms with Crippen molar-refractivity contribution in [1.29, 1.82) is 0 Å². The van der Waals surface area contributed by atoms with E-state index in [1.165, 1.54) is 6.07 Å². The van der Waals surface area contributed by atoms with Crippen LogP contribution in [-0.4, -0.2) is 73.4 Å². The fraction of sp³-hybridized carbons (Fsp3) is 0.562. The summed E-state index contributed by atoms with van der Waals surface area (Å²) in [4.78, 5) is 16.3. The summed E-state index contributed by atoms with van der Waals surface area (Å²) in [5.74, 6) is -0.458. The molecule has 1 aromatic rings. The molecule has 1 heterocycles. The van der Waals surface area contributed by atoms with Gasteiger partial charge in [0.05, 0.1) is 19.8 Å². The Morgan fingerprint density at radius 2 is 2.00 bits per heavy atom. The highest BCUT2D eigenvalue weighted by Crippen LogP contribution is 2.13. The number of aliphatic hydroxyl groups excluding tert-OH is 1. The van der Waals surface area contributed by atoms with E-state index in [0.717, 1.165) is 19.6 Å². The Bertz CT molecular complexity index is 502. The van der Waals surface area contributed by atoms with Gasteiger partial charge in [-0.3, -0.25) is 9.69 Å². The highest BCUT2D eigenvalue weighted by molar-refractivity contribution is 5.94. The first kappa shape index (κ1) is 16.9. The lowest BCUT2D eigenvalue weighted by atomic mass is 10.1. The van der Waals surface area contributed by atoms with Crippen LogP contribution in [0, 0.1) is 12.7 Å². The van der Waals surface area contributed by atoms with Crippen molar-refractivity contribution in [2.24, 2.45) is 0 Å². The number of piperazine rings is 1. The Morgan fingerprint density at radius 3 is 2.64 bits per heavy atom. The Kier molecular flexibility index (Phi) is 6.30. The van der Waals surface area contributed by atoms with Gasteiger partial charge >= 0.3 is 0 Å². The van der Waals surface area contributed by atoms with E-state index in [1.807, 2.05) is 0 Å². The molecule has 1 aliphatic heterocycles. The predicted octanol–water partition coefficient (Wildman–Crippen LogP) is 0.901. The van der Waals surface area contributed by atoms with Crippen molar-refractivity contribution in [3.63, 3.8) is 0 Å². The van der Waals surface area contributed by atoms with Gasteiger partial charge in [-0.2, -0.15) is 0 Å². The first-order chi connectivity index (χ1) is 10.6. The van der Waals surface area contributed by atoms with Crippen LogP contribution in [0.5, 0.6) is 0 Å². The molecular formula is C16H23FN2O3. The number of halogens is 1. The molecule has 1 aromatic carbocycles. The zero-order valence-corrected chi connectivity index (χ0v) is 12.9. The van der Waals surface area contributed by atoms with Gasteiger partial charge in [-0.25, -0.2) is 4.39 Å². The van der Waals surface area contributed by atoms with Crippen molar-refractivity contribution in [3.05, 3.63) is 35.1 Å². The molecule has 0 bridgehead atoms. The predicted molar refractivity (Wildman–Crippen MR) is 81.4 cm³/mol. The number of hydrogen-bond donors (Lipinski definition) is 1. The third-order valence-corrected chi connectivity index (χ3v) is 3.87. The van der Waals surface area contributed by atoms with Crippen LogP contribution >= 0.6 is 0 Å². The van der Waals surface area contributed by atoms with Gasteiger partial charge in [0.15, 0.2) is 0 Å². The second kappa shape index (κ2) is 8.22. The molecule has 22 heavy (non-hydrogen) atoms. The molecule has 1 saturated heterocycles. The number of benzene rings is 1. The number of amides is 1. The Balaban J connectivity index is 1.80. The second-order valence-electron chi connectivity index (χ2n) is 5.43. The van der Waals surface area contributed by atoms with Crippen molar-refractivity contribution in [3.8, 4) is 0 Å². The van der Waals surface area contributed by atoms with Gasteiger partial charge in [0.2, 0.25) is 0 Å². The van der Waals surface area contributed by atoms with Crippen molar-refractivity contribution >= 4 is 5.91 Å². The van der Waals surface area contributed by atoms with Crippen molar-refractivity contribution < 1.29 is 19.0 Å². The maximum atomic E-state index is 13.6. The molecule has 5 nitrogen and oxygen atoms in total. The molecule has 0 aliphatic carbocycles.